The van der Waals surface area contributed by atoms with Gasteiger partial charge < -0.3 is 14.8 Å². The first-order valence-electron chi connectivity index (χ1n) is 8.12. The van der Waals surface area contributed by atoms with Crippen LogP contribution in [0.2, 0.25) is 0 Å². The Kier molecular flexibility index (Phi) is 4.78. The number of ether oxygens (including phenoxy) is 2. The molecule has 0 bridgehead atoms. The molecule has 0 aromatic carbocycles. The van der Waals surface area contributed by atoms with Crippen LogP contribution in [-0.2, 0) is 27.2 Å². The van der Waals surface area contributed by atoms with Crippen LogP contribution in [0.3, 0.4) is 0 Å². The molecule has 1 aliphatic heterocycles. The molecule has 1 aromatic heterocycles. The predicted molar refractivity (Wildman–Crippen MR) is 81.4 cm³/mol. The molecule has 1 fully saturated rings. The van der Waals surface area contributed by atoms with E-state index >= 15 is 0 Å². The molecule has 22 heavy (non-hydrogen) atoms. The Morgan fingerprint density at radius 2 is 2.36 bits per heavy atom. The van der Waals surface area contributed by atoms with Gasteiger partial charge >= 0.3 is 0 Å². The molecular formula is C16H25N3O3. The highest BCUT2D eigenvalue weighted by Crippen LogP contribution is 2.33. The van der Waals surface area contributed by atoms with Gasteiger partial charge in [-0.05, 0) is 30.7 Å². The molecule has 0 saturated heterocycles. The minimum absolute atomic E-state index is 0.131. The van der Waals surface area contributed by atoms with Gasteiger partial charge in [-0.3, -0.25) is 9.48 Å². The summed E-state index contributed by atoms with van der Waals surface area (Å²) in [5.74, 6) is 1.04. The number of nitrogens with zero attached hydrogens (tertiary/aromatic N) is 2. The average Bonchev–Trinajstić information content (AvgIpc) is 2.90. The maximum Gasteiger partial charge on any atom is 0.223 e. The van der Waals surface area contributed by atoms with Gasteiger partial charge in [0.05, 0.1) is 25.5 Å². The van der Waals surface area contributed by atoms with E-state index in [2.05, 4.69) is 23.5 Å². The van der Waals surface area contributed by atoms with E-state index < -0.39 is 0 Å². The number of carbonyl (C=O) groups is 1. The number of methoxy groups -OCH3 is 1. The summed E-state index contributed by atoms with van der Waals surface area (Å²) in [4.78, 5) is 12.1. The van der Waals surface area contributed by atoms with Crippen LogP contribution in [0.4, 0.5) is 0 Å². The van der Waals surface area contributed by atoms with Crippen LogP contribution in [0, 0.1) is 11.8 Å². The van der Waals surface area contributed by atoms with Crippen molar-refractivity contribution in [1.29, 1.82) is 0 Å². The number of nitrogens with one attached hydrogen (secondary N) is 1. The van der Waals surface area contributed by atoms with Crippen molar-refractivity contribution in [3.63, 3.8) is 0 Å². The highest BCUT2D eigenvalue weighted by molar-refractivity contribution is 5.79. The molecule has 1 amide bonds. The van der Waals surface area contributed by atoms with Gasteiger partial charge in [0.15, 0.2) is 0 Å². The number of aromatic nitrogens is 2. The van der Waals surface area contributed by atoms with Crippen LogP contribution in [0.5, 0.6) is 0 Å². The van der Waals surface area contributed by atoms with E-state index in [1.54, 1.807) is 7.11 Å². The normalized spacial score (nSPS) is 27.1. The van der Waals surface area contributed by atoms with Gasteiger partial charge in [0.2, 0.25) is 5.91 Å². The fourth-order valence-corrected chi connectivity index (χ4v) is 3.24. The van der Waals surface area contributed by atoms with Crippen LogP contribution in [0.15, 0.2) is 6.20 Å². The highest BCUT2D eigenvalue weighted by Gasteiger charge is 2.32. The van der Waals surface area contributed by atoms with Crippen LogP contribution < -0.4 is 5.32 Å². The maximum atomic E-state index is 12.1. The number of hydrogen-bond acceptors (Lipinski definition) is 4. The van der Waals surface area contributed by atoms with Crippen LogP contribution in [-0.4, -0.2) is 42.6 Å². The Bertz CT molecular complexity index is 523. The predicted octanol–water partition coefficient (Wildman–Crippen LogP) is 1.31. The molecule has 0 spiro atoms. The molecule has 1 saturated carbocycles. The molecule has 1 aliphatic carbocycles. The third-order valence-electron chi connectivity index (χ3n) is 4.60. The van der Waals surface area contributed by atoms with Gasteiger partial charge in [-0.1, -0.05) is 6.92 Å². The van der Waals surface area contributed by atoms with Crippen molar-refractivity contribution in [3.8, 4) is 0 Å². The molecule has 2 aliphatic rings. The number of fused-ring (bicyclic) bond motifs is 1. The number of carbonyl (C=O) groups excluding carboxylic acids is 1. The number of hydrogen-bond donors (Lipinski definition) is 1. The zero-order chi connectivity index (χ0) is 15.5. The summed E-state index contributed by atoms with van der Waals surface area (Å²) >= 11 is 0. The van der Waals surface area contributed by atoms with Crippen molar-refractivity contribution < 1.29 is 14.3 Å². The Hall–Kier alpha value is -1.40. The van der Waals surface area contributed by atoms with Crippen molar-refractivity contribution in [3.05, 3.63) is 17.5 Å². The van der Waals surface area contributed by atoms with Gasteiger partial charge in [-0.25, -0.2) is 0 Å². The molecule has 1 N–H and O–H groups in total. The topological polar surface area (TPSA) is 65.4 Å². The summed E-state index contributed by atoms with van der Waals surface area (Å²) in [6.45, 7) is 4.76. The van der Waals surface area contributed by atoms with Gasteiger partial charge in [-0.2, -0.15) is 5.10 Å². The third kappa shape index (κ3) is 3.33. The van der Waals surface area contributed by atoms with Crippen molar-refractivity contribution in [1.82, 2.24) is 15.1 Å². The smallest absolute Gasteiger partial charge is 0.223 e. The van der Waals surface area contributed by atoms with Crippen LogP contribution in [0.1, 0.15) is 37.1 Å². The number of rotatable bonds is 6. The second-order valence-electron chi connectivity index (χ2n) is 6.42. The SMILES string of the molecule is COCCn1cc2c(n1)C(CNC(=O)C1CC(C)C1)OCC2. The monoisotopic (exact) mass is 307 g/mol. The number of amides is 1. The Morgan fingerprint density at radius 1 is 1.55 bits per heavy atom. The third-order valence-corrected chi connectivity index (χ3v) is 4.60. The Balaban J connectivity index is 1.57. The minimum Gasteiger partial charge on any atom is -0.383 e. The summed E-state index contributed by atoms with van der Waals surface area (Å²) in [5, 5.41) is 7.63. The van der Waals surface area contributed by atoms with Gasteiger partial charge in [-0.15, -0.1) is 0 Å². The molecule has 3 rings (SSSR count). The van der Waals surface area contributed by atoms with Crippen molar-refractivity contribution in [2.45, 2.75) is 38.8 Å². The van der Waals surface area contributed by atoms with Crippen LogP contribution in [0.25, 0.3) is 0 Å². The average molecular weight is 307 g/mol. The lowest BCUT2D eigenvalue weighted by Crippen LogP contribution is -2.40. The molecule has 6 heteroatoms. The van der Waals surface area contributed by atoms with E-state index in [-0.39, 0.29) is 17.9 Å². The zero-order valence-electron chi connectivity index (χ0n) is 13.4. The molecule has 1 unspecified atom stereocenters. The first-order valence-corrected chi connectivity index (χ1v) is 8.12. The Morgan fingerprint density at radius 3 is 3.09 bits per heavy atom. The molecule has 1 atom stereocenters. The first kappa shape index (κ1) is 15.5. The first-order chi connectivity index (χ1) is 10.7. The quantitative estimate of drug-likeness (QED) is 0.860. The minimum atomic E-state index is -0.131. The van der Waals surface area contributed by atoms with Crippen molar-refractivity contribution >= 4 is 5.91 Å². The lowest BCUT2D eigenvalue weighted by atomic mass is 9.75. The molecular weight excluding hydrogens is 282 g/mol. The van der Waals surface area contributed by atoms with E-state index in [1.807, 2.05) is 4.68 Å². The van der Waals surface area contributed by atoms with Gasteiger partial charge in [0.25, 0.3) is 0 Å². The molecule has 0 radical (unpaired) electrons. The highest BCUT2D eigenvalue weighted by atomic mass is 16.5. The molecule has 1 aromatic rings. The Labute approximate surface area is 131 Å². The zero-order valence-corrected chi connectivity index (χ0v) is 13.4. The van der Waals surface area contributed by atoms with E-state index in [4.69, 9.17) is 9.47 Å². The van der Waals surface area contributed by atoms with Gasteiger partial charge in [0, 0.05) is 25.8 Å². The second kappa shape index (κ2) is 6.79. The fourth-order valence-electron chi connectivity index (χ4n) is 3.24. The van der Waals surface area contributed by atoms with Crippen molar-refractivity contribution in [2.75, 3.05) is 26.9 Å². The molecule has 2 heterocycles. The van der Waals surface area contributed by atoms with E-state index in [1.165, 1.54) is 5.56 Å². The van der Waals surface area contributed by atoms with Crippen molar-refractivity contribution in [2.24, 2.45) is 11.8 Å². The standard InChI is InChI=1S/C16H25N3O3/c1-11-7-13(8-11)16(20)17-9-14-15-12(3-5-22-14)10-19(18-15)4-6-21-2/h10-11,13-14H,3-9H2,1-2H3,(H,17,20). The summed E-state index contributed by atoms with van der Waals surface area (Å²) in [6.07, 6.45) is 4.84. The van der Waals surface area contributed by atoms with E-state index in [0.717, 1.165) is 31.5 Å². The summed E-state index contributed by atoms with van der Waals surface area (Å²) in [7, 11) is 1.69. The maximum absolute atomic E-state index is 12.1. The summed E-state index contributed by atoms with van der Waals surface area (Å²) < 4.78 is 12.8. The summed E-state index contributed by atoms with van der Waals surface area (Å²) in [6, 6.07) is 0. The second-order valence-corrected chi connectivity index (χ2v) is 6.42. The summed E-state index contributed by atoms with van der Waals surface area (Å²) in [5.41, 5.74) is 2.18. The van der Waals surface area contributed by atoms with E-state index in [0.29, 0.717) is 25.7 Å². The molecule has 122 valence electrons. The van der Waals surface area contributed by atoms with Gasteiger partial charge in [0.1, 0.15) is 6.10 Å². The fraction of sp³-hybridized carbons (Fsp3) is 0.750. The largest absolute Gasteiger partial charge is 0.383 e. The van der Waals surface area contributed by atoms with E-state index in [9.17, 15) is 4.79 Å². The lowest BCUT2D eigenvalue weighted by Gasteiger charge is -2.32. The van der Waals surface area contributed by atoms with Crippen LogP contribution >= 0.6 is 0 Å². The lowest BCUT2D eigenvalue weighted by molar-refractivity contribution is -0.129. The molecule has 6 nitrogen and oxygen atoms in total.